The minimum Gasteiger partial charge on any atom is -0.338 e. The second-order valence-electron chi connectivity index (χ2n) is 6.46. The molecule has 4 heteroatoms. The molecule has 1 aliphatic heterocycles. The van der Waals surface area contributed by atoms with E-state index in [0.29, 0.717) is 11.8 Å². The Morgan fingerprint density at radius 3 is 2.55 bits per heavy atom. The summed E-state index contributed by atoms with van der Waals surface area (Å²) in [5, 5.41) is 2.04. The van der Waals surface area contributed by atoms with Crippen molar-refractivity contribution in [2.75, 3.05) is 13.1 Å². The number of aryl methyl sites for hydroxylation is 1. The fourth-order valence-electron chi connectivity index (χ4n) is 3.35. The topological polar surface area (TPSA) is 33.2 Å². The number of likely N-dealkylation sites (tertiary alicyclic amines) is 1. The van der Waals surface area contributed by atoms with Gasteiger partial charge in [-0.25, -0.2) is 0 Å². The normalized spacial score (nSPS) is 21.9. The van der Waals surface area contributed by atoms with Crippen LogP contribution in [0.3, 0.4) is 0 Å². The number of rotatable bonds is 2. The number of hydrogen-bond acceptors (Lipinski definition) is 3. The van der Waals surface area contributed by atoms with Gasteiger partial charge in [0.05, 0.1) is 21.8 Å². The van der Waals surface area contributed by atoms with Gasteiger partial charge in [-0.2, -0.15) is 0 Å². The van der Waals surface area contributed by atoms with E-state index in [-0.39, 0.29) is 5.91 Å². The summed E-state index contributed by atoms with van der Waals surface area (Å²) in [6.45, 7) is 8.09. The first-order chi connectivity index (χ1) is 10.5. The smallest absolute Gasteiger partial charge is 0.255 e. The molecular formula is C18H22N2OS. The zero-order chi connectivity index (χ0) is 15.7. The molecule has 0 spiro atoms. The summed E-state index contributed by atoms with van der Waals surface area (Å²) in [5.41, 5.74) is 2.51. The summed E-state index contributed by atoms with van der Waals surface area (Å²) in [6, 6.07) is 7.97. The number of thiophene rings is 1. The lowest BCUT2D eigenvalue weighted by atomic mass is 9.91. The molecular weight excluding hydrogens is 292 g/mol. The zero-order valence-corrected chi connectivity index (χ0v) is 14.2. The van der Waals surface area contributed by atoms with Gasteiger partial charge in [-0.1, -0.05) is 19.9 Å². The Labute approximate surface area is 136 Å². The largest absolute Gasteiger partial charge is 0.338 e. The first kappa shape index (κ1) is 15.2. The van der Waals surface area contributed by atoms with Crippen molar-refractivity contribution in [2.24, 2.45) is 11.8 Å². The lowest BCUT2D eigenvalue weighted by Crippen LogP contribution is -2.42. The molecule has 0 bridgehead atoms. The van der Waals surface area contributed by atoms with Crippen molar-refractivity contribution < 1.29 is 4.79 Å². The van der Waals surface area contributed by atoms with Crippen molar-refractivity contribution >= 4 is 17.2 Å². The molecule has 0 N–H and O–H groups in total. The van der Waals surface area contributed by atoms with E-state index in [1.807, 2.05) is 35.4 Å². The lowest BCUT2D eigenvalue weighted by molar-refractivity contribution is 0.0622. The molecule has 2 aromatic heterocycles. The summed E-state index contributed by atoms with van der Waals surface area (Å²) < 4.78 is 0. The predicted molar refractivity (Wildman–Crippen MR) is 91.1 cm³/mol. The number of amides is 1. The Kier molecular flexibility index (Phi) is 4.30. The first-order valence-electron chi connectivity index (χ1n) is 7.85. The molecule has 0 unspecified atom stereocenters. The second-order valence-corrected chi connectivity index (χ2v) is 7.41. The lowest BCUT2D eigenvalue weighted by Gasteiger charge is -2.35. The van der Waals surface area contributed by atoms with Crippen LogP contribution in [0.1, 0.15) is 36.3 Å². The third-order valence-corrected chi connectivity index (χ3v) is 5.14. The summed E-state index contributed by atoms with van der Waals surface area (Å²) >= 11 is 1.67. The van der Waals surface area contributed by atoms with Crippen molar-refractivity contribution in [1.29, 1.82) is 0 Å². The Morgan fingerprint density at radius 2 is 1.95 bits per heavy atom. The molecule has 1 aliphatic rings. The number of pyridine rings is 1. The van der Waals surface area contributed by atoms with Crippen LogP contribution >= 0.6 is 11.3 Å². The predicted octanol–water partition coefficient (Wildman–Crippen LogP) is 4.24. The maximum absolute atomic E-state index is 12.8. The maximum atomic E-state index is 12.8. The van der Waals surface area contributed by atoms with Crippen LogP contribution < -0.4 is 0 Å². The average Bonchev–Trinajstić information content (AvgIpc) is 2.99. The molecule has 2 atom stereocenters. The number of carbonyl (C=O) groups excluding carboxylic acids is 1. The molecule has 0 radical (unpaired) electrons. The highest BCUT2D eigenvalue weighted by Crippen LogP contribution is 2.26. The Bertz CT molecular complexity index is 656. The second kappa shape index (κ2) is 6.21. The van der Waals surface area contributed by atoms with Crippen LogP contribution in [0.2, 0.25) is 0 Å². The van der Waals surface area contributed by atoms with Crippen LogP contribution in [-0.4, -0.2) is 28.9 Å². The van der Waals surface area contributed by atoms with Gasteiger partial charge in [0.25, 0.3) is 5.91 Å². The zero-order valence-electron chi connectivity index (χ0n) is 13.4. The monoisotopic (exact) mass is 314 g/mol. The van der Waals surface area contributed by atoms with Gasteiger partial charge in [-0.15, -0.1) is 11.3 Å². The van der Waals surface area contributed by atoms with E-state index in [2.05, 4.69) is 24.9 Å². The molecule has 1 amide bonds. The van der Waals surface area contributed by atoms with Crippen molar-refractivity contribution in [3.63, 3.8) is 0 Å². The Morgan fingerprint density at radius 1 is 1.23 bits per heavy atom. The van der Waals surface area contributed by atoms with Crippen molar-refractivity contribution in [1.82, 2.24) is 9.88 Å². The number of aromatic nitrogens is 1. The van der Waals surface area contributed by atoms with Crippen LogP contribution in [0.15, 0.2) is 29.6 Å². The van der Waals surface area contributed by atoms with Crippen molar-refractivity contribution in [3.8, 4) is 10.6 Å². The molecule has 3 heterocycles. The highest BCUT2D eigenvalue weighted by molar-refractivity contribution is 7.13. The van der Waals surface area contributed by atoms with Crippen LogP contribution in [0.25, 0.3) is 10.6 Å². The summed E-state index contributed by atoms with van der Waals surface area (Å²) in [7, 11) is 0. The van der Waals surface area contributed by atoms with Gasteiger partial charge < -0.3 is 4.90 Å². The highest BCUT2D eigenvalue weighted by atomic mass is 32.1. The standard InChI is InChI=1S/C18H22N2OS/c1-12-9-13(2)11-20(10-12)18(21)15-6-7-16(19-14(15)3)17-5-4-8-22-17/h4-8,12-13H,9-11H2,1-3H3/t12-,13-/m0/s1. The fraction of sp³-hybridized carbons (Fsp3) is 0.444. The molecule has 1 saturated heterocycles. The maximum Gasteiger partial charge on any atom is 0.255 e. The minimum absolute atomic E-state index is 0.126. The van der Waals surface area contributed by atoms with Gasteiger partial charge in [-0.05, 0) is 48.8 Å². The molecule has 0 aromatic carbocycles. The molecule has 0 aliphatic carbocycles. The van der Waals surface area contributed by atoms with E-state index in [4.69, 9.17) is 0 Å². The number of carbonyl (C=O) groups is 1. The average molecular weight is 314 g/mol. The molecule has 22 heavy (non-hydrogen) atoms. The summed E-state index contributed by atoms with van der Waals surface area (Å²) in [5.74, 6) is 1.28. The SMILES string of the molecule is Cc1nc(-c2cccs2)ccc1C(=O)N1C[C@@H](C)C[C@H](C)C1. The highest BCUT2D eigenvalue weighted by Gasteiger charge is 2.27. The third-order valence-electron chi connectivity index (χ3n) is 4.25. The molecule has 3 nitrogen and oxygen atoms in total. The first-order valence-corrected chi connectivity index (χ1v) is 8.73. The molecule has 1 fully saturated rings. The van der Waals surface area contributed by atoms with Crippen molar-refractivity contribution in [2.45, 2.75) is 27.2 Å². The minimum atomic E-state index is 0.126. The third kappa shape index (κ3) is 3.07. The van der Waals surface area contributed by atoms with E-state index in [1.54, 1.807) is 11.3 Å². The molecule has 116 valence electrons. The van der Waals surface area contributed by atoms with E-state index < -0.39 is 0 Å². The van der Waals surface area contributed by atoms with E-state index in [1.165, 1.54) is 6.42 Å². The molecule has 2 aromatic rings. The Hall–Kier alpha value is -1.68. The number of piperidine rings is 1. The van der Waals surface area contributed by atoms with Crippen molar-refractivity contribution in [3.05, 3.63) is 40.9 Å². The van der Waals surface area contributed by atoms with Gasteiger partial charge in [0.1, 0.15) is 0 Å². The van der Waals surface area contributed by atoms with E-state index >= 15 is 0 Å². The fourth-order valence-corrected chi connectivity index (χ4v) is 4.04. The van der Waals surface area contributed by atoms with E-state index in [9.17, 15) is 4.79 Å². The van der Waals surface area contributed by atoms with Crippen LogP contribution in [0.5, 0.6) is 0 Å². The molecule has 0 saturated carbocycles. The van der Waals surface area contributed by atoms with Gasteiger partial charge in [0.15, 0.2) is 0 Å². The van der Waals surface area contributed by atoms with Gasteiger partial charge in [0.2, 0.25) is 0 Å². The summed E-state index contributed by atoms with van der Waals surface area (Å²) in [4.78, 5) is 20.6. The van der Waals surface area contributed by atoms with Gasteiger partial charge in [-0.3, -0.25) is 9.78 Å². The Balaban J connectivity index is 1.84. The van der Waals surface area contributed by atoms with Gasteiger partial charge in [0, 0.05) is 13.1 Å². The van der Waals surface area contributed by atoms with Gasteiger partial charge >= 0.3 is 0 Å². The number of hydrogen-bond donors (Lipinski definition) is 0. The number of nitrogens with zero attached hydrogens (tertiary/aromatic N) is 2. The van der Waals surface area contributed by atoms with Crippen LogP contribution in [0, 0.1) is 18.8 Å². The van der Waals surface area contributed by atoms with E-state index in [0.717, 1.165) is 34.9 Å². The summed E-state index contributed by atoms with van der Waals surface area (Å²) in [6.07, 6.45) is 1.21. The van der Waals surface area contributed by atoms with Crippen LogP contribution in [-0.2, 0) is 0 Å². The quantitative estimate of drug-likeness (QED) is 0.831. The molecule has 3 rings (SSSR count). The van der Waals surface area contributed by atoms with Crippen LogP contribution in [0.4, 0.5) is 0 Å².